The topological polar surface area (TPSA) is 26.0 Å². The second kappa shape index (κ2) is 1.83. The molecule has 0 aliphatic heterocycles. The van der Waals surface area contributed by atoms with Crippen LogP contribution in [-0.2, 0) is 5.54 Å². The van der Waals surface area contributed by atoms with Crippen LogP contribution in [0.1, 0.15) is 18.4 Å². The molecule has 0 heterocycles. The van der Waals surface area contributed by atoms with Gasteiger partial charge in [0.25, 0.3) is 0 Å². The van der Waals surface area contributed by atoms with Crippen molar-refractivity contribution in [3.05, 3.63) is 35.9 Å². The quantitative estimate of drug-likeness (QED) is 0.609. The minimum atomic E-state index is -0.0439. The third-order valence-corrected chi connectivity index (χ3v) is 1.97. The first-order valence-corrected chi connectivity index (χ1v) is 3.48. The highest BCUT2D eigenvalue weighted by atomic mass is 14.8. The lowest BCUT2D eigenvalue weighted by molar-refractivity contribution is 0.738. The fourth-order valence-electron chi connectivity index (χ4n) is 1.04. The van der Waals surface area contributed by atoms with Gasteiger partial charge in [0.05, 0.1) is 0 Å². The van der Waals surface area contributed by atoms with E-state index in [1.165, 1.54) is 0 Å². The van der Waals surface area contributed by atoms with E-state index in [0.29, 0.717) is 0 Å². The van der Waals surface area contributed by atoms with E-state index in [9.17, 15) is 0 Å². The minimum absolute atomic E-state index is 0.0439. The molecule has 10 heavy (non-hydrogen) atoms. The predicted molar refractivity (Wildman–Crippen MR) is 39.2 cm³/mol. The molecule has 1 aliphatic carbocycles. The van der Waals surface area contributed by atoms with Crippen LogP contribution >= 0.6 is 0 Å². The van der Waals surface area contributed by atoms with Crippen molar-refractivity contribution in [2.24, 2.45) is 5.73 Å². The normalized spacial score (nSPS) is 20.5. The van der Waals surface area contributed by atoms with Crippen LogP contribution in [0.2, 0.25) is 0 Å². The van der Waals surface area contributed by atoms with Gasteiger partial charge in [0.2, 0.25) is 0 Å². The molecule has 1 aromatic carbocycles. The Bertz CT molecular complexity index is 224. The summed E-state index contributed by atoms with van der Waals surface area (Å²) in [7, 11) is 0. The zero-order chi connectivity index (χ0) is 7.03. The summed E-state index contributed by atoms with van der Waals surface area (Å²) < 4.78 is 0. The van der Waals surface area contributed by atoms with Crippen molar-refractivity contribution < 1.29 is 0 Å². The van der Waals surface area contributed by atoms with Gasteiger partial charge in [0.1, 0.15) is 0 Å². The van der Waals surface area contributed by atoms with Crippen LogP contribution in [0.25, 0.3) is 0 Å². The van der Waals surface area contributed by atoms with Crippen LogP contribution in [0, 0.1) is 12.1 Å². The SMILES string of the molecule is NC1(c2[c]cc[c]c2)CC1. The average molecular weight is 131 g/mol. The van der Waals surface area contributed by atoms with Gasteiger partial charge in [-0.15, -0.1) is 0 Å². The number of nitrogens with two attached hydrogens (primary N) is 1. The summed E-state index contributed by atoms with van der Waals surface area (Å²) in [5.41, 5.74) is 6.98. The van der Waals surface area contributed by atoms with Crippen LogP contribution in [0.3, 0.4) is 0 Å². The van der Waals surface area contributed by atoms with Crippen molar-refractivity contribution in [3.63, 3.8) is 0 Å². The summed E-state index contributed by atoms with van der Waals surface area (Å²) in [5.74, 6) is 0. The predicted octanol–water partition coefficient (Wildman–Crippen LogP) is 1.23. The van der Waals surface area contributed by atoms with Crippen molar-refractivity contribution in [1.82, 2.24) is 0 Å². The number of hydrogen-bond donors (Lipinski definition) is 1. The maximum absolute atomic E-state index is 5.92. The van der Waals surface area contributed by atoms with E-state index in [0.717, 1.165) is 18.4 Å². The smallest absolute Gasteiger partial charge is 0.0417 e. The van der Waals surface area contributed by atoms with Crippen molar-refractivity contribution in [1.29, 1.82) is 0 Å². The van der Waals surface area contributed by atoms with Crippen LogP contribution < -0.4 is 5.73 Å². The lowest BCUT2D eigenvalue weighted by atomic mass is 10.1. The van der Waals surface area contributed by atoms with Crippen LogP contribution in [0.5, 0.6) is 0 Å². The third kappa shape index (κ3) is 0.830. The lowest BCUT2D eigenvalue weighted by Gasteiger charge is -2.05. The van der Waals surface area contributed by atoms with Crippen molar-refractivity contribution in [3.8, 4) is 0 Å². The van der Waals surface area contributed by atoms with Crippen LogP contribution in [0.4, 0.5) is 0 Å². The molecular weight excluding hydrogens is 122 g/mol. The first-order valence-electron chi connectivity index (χ1n) is 3.48. The Balaban J connectivity index is 2.35. The Kier molecular flexibility index (Phi) is 1.08. The molecule has 2 radical (unpaired) electrons. The second-order valence-corrected chi connectivity index (χ2v) is 2.86. The Morgan fingerprint density at radius 1 is 1.40 bits per heavy atom. The molecule has 0 unspecified atom stereocenters. The molecule has 2 N–H and O–H groups in total. The summed E-state index contributed by atoms with van der Waals surface area (Å²) in [4.78, 5) is 0. The standard InChI is InChI=1S/C9H9N/c10-9(6-7-9)8-4-2-1-3-5-8/h1-2,5H,6-7,10H2. The van der Waals surface area contributed by atoms with E-state index in [-0.39, 0.29) is 5.54 Å². The molecule has 0 spiro atoms. The molecule has 0 saturated heterocycles. The number of benzene rings is 1. The van der Waals surface area contributed by atoms with Gasteiger partial charge in [-0.2, -0.15) is 0 Å². The van der Waals surface area contributed by atoms with Crippen molar-refractivity contribution in [2.45, 2.75) is 18.4 Å². The summed E-state index contributed by atoms with van der Waals surface area (Å²) in [6.07, 6.45) is 2.20. The number of rotatable bonds is 1. The van der Waals surface area contributed by atoms with E-state index < -0.39 is 0 Å². The first-order chi connectivity index (χ1) is 4.81. The molecule has 0 atom stereocenters. The minimum Gasteiger partial charge on any atom is -0.321 e. The van der Waals surface area contributed by atoms with Crippen molar-refractivity contribution >= 4 is 0 Å². The molecule has 2 rings (SSSR count). The monoisotopic (exact) mass is 131 g/mol. The van der Waals surface area contributed by atoms with Crippen LogP contribution in [-0.4, -0.2) is 0 Å². The maximum Gasteiger partial charge on any atom is 0.0417 e. The average Bonchev–Trinajstić information content (AvgIpc) is 2.72. The maximum atomic E-state index is 5.92. The molecule has 1 aromatic rings. The number of hydrogen-bond acceptors (Lipinski definition) is 1. The molecule has 50 valence electrons. The summed E-state index contributed by atoms with van der Waals surface area (Å²) >= 11 is 0. The summed E-state index contributed by atoms with van der Waals surface area (Å²) in [5, 5.41) is 0. The Morgan fingerprint density at radius 3 is 2.70 bits per heavy atom. The van der Waals surface area contributed by atoms with Gasteiger partial charge < -0.3 is 5.73 Å². The summed E-state index contributed by atoms with van der Waals surface area (Å²) in [6.45, 7) is 0. The fraction of sp³-hybridized carbons (Fsp3) is 0.333. The van der Waals surface area contributed by atoms with E-state index in [2.05, 4.69) is 12.1 Å². The second-order valence-electron chi connectivity index (χ2n) is 2.86. The highest BCUT2D eigenvalue weighted by Crippen LogP contribution is 2.41. The highest BCUT2D eigenvalue weighted by Gasteiger charge is 2.39. The van der Waals surface area contributed by atoms with Gasteiger partial charge in [-0.3, -0.25) is 0 Å². The zero-order valence-corrected chi connectivity index (χ0v) is 5.72. The molecule has 1 heteroatoms. The van der Waals surface area contributed by atoms with E-state index in [1.54, 1.807) is 0 Å². The third-order valence-electron chi connectivity index (χ3n) is 1.97. The molecule has 1 fully saturated rings. The van der Waals surface area contributed by atoms with Gasteiger partial charge in [0.15, 0.2) is 0 Å². The molecule has 1 nitrogen and oxygen atoms in total. The molecule has 1 aliphatic rings. The largest absolute Gasteiger partial charge is 0.321 e. The molecule has 0 aromatic heterocycles. The van der Waals surface area contributed by atoms with Gasteiger partial charge in [-0.05, 0) is 36.6 Å². The summed E-state index contributed by atoms with van der Waals surface area (Å²) in [6, 6.07) is 11.7. The molecule has 0 amide bonds. The van der Waals surface area contributed by atoms with Gasteiger partial charge in [0, 0.05) is 5.54 Å². The van der Waals surface area contributed by atoms with Crippen LogP contribution in [0.15, 0.2) is 18.2 Å². The zero-order valence-electron chi connectivity index (χ0n) is 5.72. The van der Waals surface area contributed by atoms with E-state index in [1.807, 2.05) is 18.2 Å². The first kappa shape index (κ1) is 5.93. The van der Waals surface area contributed by atoms with E-state index in [4.69, 9.17) is 5.73 Å². The Hall–Kier alpha value is -0.820. The van der Waals surface area contributed by atoms with E-state index >= 15 is 0 Å². The Labute approximate surface area is 60.9 Å². The van der Waals surface area contributed by atoms with Crippen molar-refractivity contribution in [2.75, 3.05) is 0 Å². The Morgan fingerprint density at radius 2 is 2.20 bits per heavy atom. The fourth-order valence-corrected chi connectivity index (χ4v) is 1.04. The van der Waals surface area contributed by atoms with Gasteiger partial charge >= 0.3 is 0 Å². The lowest BCUT2D eigenvalue weighted by Crippen LogP contribution is -2.18. The molecule has 0 bridgehead atoms. The van der Waals surface area contributed by atoms with Gasteiger partial charge in [-0.1, -0.05) is 12.1 Å². The highest BCUT2D eigenvalue weighted by molar-refractivity contribution is 5.27. The molecular formula is C9H9N. The van der Waals surface area contributed by atoms with Gasteiger partial charge in [-0.25, -0.2) is 0 Å². The molecule has 1 saturated carbocycles.